The number of nitrogens with zero attached hydrogens (tertiary/aromatic N) is 5. The van der Waals surface area contributed by atoms with E-state index >= 15 is 0 Å². The van der Waals surface area contributed by atoms with Gasteiger partial charge in [0.05, 0.1) is 24.1 Å². The zero-order chi connectivity index (χ0) is 30.7. The molecule has 3 aliphatic rings. The van der Waals surface area contributed by atoms with Crippen molar-refractivity contribution < 1.29 is 46.1 Å². The van der Waals surface area contributed by atoms with E-state index in [9.17, 15) is 41.4 Å². The number of carboxylic acids is 1. The third kappa shape index (κ3) is 5.51. The van der Waals surface area contributed by atoms with E-state index in [2.05, 4.69) is 25.7 Å². The van der Waals surface area contributed by atoms with E-state index in [1.165, 1.54) is 23.0 Å². The second-order valence-corrected chi connectivity index (χ2v) is 11.6. The lowest BCUT2D eigenvalue weighted by Crippen LogP contribution is -2.41. The van der Waals surface area contributed by atoms with Crippen LogP contribution in [0.2, 0.25) is 0 Å². The molecule has 0 aromatic carbocycles. The Kier molecular flexibility index (Phi) is 6.87. The molecule has 3 aromatic rings. The molecule has 1 saturated heterocycles. The first-order valence-corrected chi connectivity index (χ1v) is 13.7. The molecule has 4 heterocycles. The minimum Gasteiger partial charge on any atom is -0.480 e. The number of alkyl halides is 5. The van der Waals surface area contributed by atoms with Gasteiger partial charge in [0.15, 0.2) is 16.8 Å². The van der Waals surface area contributed by atoms with E-state index in [-0.39, 0.29) is 54.2 Å². The van der Waals surface area contributed by atoms with Gasteiger partial charge in [-0.05, 0) is 54.8 Å². The summed E-state index contributed by atoms with van der Waals surface area (Å²) in [5.74, 6) is -6.76. The maximum Gasteiger partial charge on any atom is 0.408 e. The van der Waals surface area contributed by atoms with Gasteiger partial charge >= 0.3 is 12.1 Å². The molecule has 1 unspecified atom stereocenters. The SMILES string of the molecule is O=C(N[C@H](c1cn2ncc(CC3(C(=O)O)C[C@@H](C(F)(F)F)NC3=O)cc2n1)C1CCC(F)(F)CC1)c1nonc1C1CC1. The van der Waals surface area contributed by atoms with E-state index in [1.54, 1.807) is 5.32 Å². The number of hydrogen-bond acceptors (Lipinski definition) is 8. The Hall–Kier alpha value is -4.18. The second kappa shape index (κ2) is 10.2. The van der Waals surface area contributed by atoms with E-state index < -0.39 is 66.1 Å². The van der Waals surface area contributed by atoms with Crippen molar-refractivity contribution in [1.82, 2.24) is 35.5 Å². The Morgan fingerprint density at radius 2 is 1.91 bits per heavy atom. The fourth-order valence-corrected chi connectivity index (χ4v) is 5.94. The Bertz CT molecular complexity index is 1580. The van der Waals surface area contributed by atoms with Crippen LogP contribution >= 0.6 is 0 Å². The van der Waals surface area contributed by atoms with Gasteiger partial charge in [0, 0.05) is 25.2 Å². The summed E-state index contributed by atoms with van der Waals surface area (Å²) in [4.78, 5) is 42.4. The summed E-state index contributed by atoms with van der Waals surface area (Å²) in [6.45, 7) is 0. The van der Waals surface area contributed by atoms with Gasteiger partial charge in [-0.15, -0.1) is 0 Å². The quantitative estimate of drug-likeness (QED) is 0.256. The molecule has 12 nitrogen and oxygen atoms in total. The summed E-state index contributed by atoms with van der Waals surface area (Å²) in [6.07, 6.45) is -2.60. The average Bonchev–Trinajstić information content (AvgIpc) is 3.34. The number of nitrogens with one attached hydrogen (secondary N) is 2. The Morgan fingerprint density at radius 1 is 1.19 bits per heavy atom. The normalized spacial score (nSPS) is 25.0. The first-order chi connectivity index (χ1) is 20.3. The monoisotopic (exact) mass is 611 g/mol. The summed E-state index contributed by atoms with van der Waals surface area (Å²) in [6, 6.07) is -1.76. The number of amides is 2. The van der Waals surface area contributed by atoms with Crippen molar-refractivity contribution in [2.45, 2.75) is 81.5 Å². The minimum atomic E-state index is -4.82. The standard InChI is InChI=1S/C26H26F5N7O5/c27-25(28)5-3-14(4-6-25)18(35-21(39)20-19(13-1-2-13)36-43-37-20)15-11-38-17(33-15)7-12(10-32-38)8-24(23(41)42)9-16(26(29,30)31)34-22(24)40/h7,10-11,13-14,16,18H,1-6,8-9H2,(H,34,40)(H,35,39)(H,41,42)/t16-,18-,24?/m0/s1. The van der Waals surface area contributed by atoms with Crippen molar-refractivity contribution in [3.05, 3.63) is 41.1 Å². The van der Waals surface area contributed by atoms with Gasteiger partial charge in [-0.25, -0.2) is 22.9 Å². The number of halogens is 5. The van der Waals surface area contributed by atoms with Crippen molar-refractivity contribution >= 4 is 23.4 Å². The van der Waals surface area contributed by atoms with Gasteiger partial charge < -0.3 is 15.7 Å². The van der Waals surface area contributed by atoms with Crippen LogP contribution in [0.1, 0.15) is 84.3 Å². The Morgan fingerprint density at radius 3 is 2.53 bits per heavy atom. The second-order valence-electron chi connectivity index (χ2n) is 11.6. The molecule has 2 amide bonds. The first-order valence-electron chi connectivity index (χ1n) is 13.7. The van der Waals surface area contributed by atoms with Crippen LogP contribution in [0.3, 0.4) is 0 Å². The van der Waals surface area contributed by atoms with Crippen LogP contribution in [0.25, 0.3) is 5.65 Å². The maximum atomic E-state index is 14.0. The Balaban J connectivity index is 1.29. The lowest BCUT2D eigenvalue weighted by molar-refractivity contribution is -0.158. The Labute approximate surface area is 239 Å². The highest BCUT2D eigenvalue weighted by Crippen LogP contribution is 2.43. The van der Waals surface area contributed by atoms with E-state index in [0.717, 1.165) is 12.8 Å². The van der Waals surface area contributed by atoms with Gasteiger partial charge in [-0.1, -0.05) is 5.16 Å². The van der Waals surface area contributed by atoms with Gasteiger partial charge in [0.1, 0.15) is 11.7 Å². The van der Waals surface area contributed by atoms with E-state index in [4.69, 9.17) is 4.63 Å². The molecule has 43 heavy (non-hydrogen) atoms. The molecule has 0 bridgehead atoms. The van der Waals surface area contributed by atoms with Crippen LogP contribution in [0, 0.1) is 11.3 Å². The molecule has 0 radical (unpaired) electrons. The van der Waals surface area contributed by atoms with Gasteiger partial charge in [-0.2, -0.15) is 18.3 Å². The number of carbonyl (C=O) groups is 3. The highest BCUT2D eigenvalue weighted by atomic mass is 19.4. The number of carbonyl (C=O) groups excluding carboxylic acids is 2. The van der Waals surface area contributed by atoms with Gasteiger partial charge in [0.25, 0.3) is 5.91 Å². The summed E-state index contributed by atoms with van der Waals surface area (Å²) < 4.78 is 73.9. The maximum absolute atomic E-state index is 14.0. The van der Waals surface area contributed by atoms with Gasteiger partial charge in [-0.3, -0.25) is 14.4 Å². The molecule has 6 rings (SSSR count). The summed E-state index contributed by atoms with van der Waals surface area (Å²) in [7, 11) is 0. The van der Waals surface area contributed by atoms with Crippen LogP contribution in [0.5, 0.6) is 0 Å². The molecular formula is C26H26F5N7O5. The highest BCUT2D eigenvalue weighted by Gasteiger charge is 2.59. The average molecular weight is 612 g/mol. The zero-order valence-corrected chi connectivity index (χ0v) is 22.4. The molecule has 2 aliphatic carbocycles. The summed E-state index contributed by atoms with van der Waals surface area (Å²) in [5.41, 5.74) is -1.37. The lowest BCUT2D eigenvalue weighted by Gasteiger charge is -2.33. The van der Waals surface area contributed by atoms with Crippen LogP contribution in [-0.4, -0.2) is 65.9 Å². The number of rotatable bonds is 8. The van der Waals surface area contributed by atoms with E-state index in [0.29, 0.717) is 5.69 Å². The summed E-state index contributed by atoms with van der Waals surface area (Å²) in [5, 5.41) is 26.1. The predicted molar refractivity (Wildman–Crippen MR) is 133 cm³/mol. The molecule has 230 valence electrons. The molecular weight excluding hydrogens is 585 g/mol. The highest BCUT2D eigenvalue weighted by molar-refractivity contribution is 6.04. The van der Waals surface area contributed by atoms with Crippen molar-refractivity contribution in [2.24, 2.45) is 11.3 Å². The fourth-order valence-electron chi connectivity index (χ4n) is 5.94. The molecule has 0 spiro atoms. The molecule has 3 fully saturated rings. The smallest absolute Gasteiger partial charge is 0.408 e. The number of aliphatic carboxylic acids is 1. The lowest BCUT2D eigenvalue weighted by atomic mass is 9.79. The van der Waals surface area contributed by atoms with Crippen LogP contribution in [-0.2, 0) is 16.0 Å². The van der Waals surface area contributed by atoms with Crippen LogP contribution in [0.4, 0.5) is 22.0 Å². The minimum absolute atomic E-state index is 0.00350. The fraction of sp³-hybridized carbons (Fsp3) is 0.577. The predicted octanol–water partition coefficient (Wildman–Crippen LogP) is 3.35. The number of aromatic nitrogens is 5. The van der Waals surface area contributed by atoms with Crippen molar-refractivity contribution in [2.75, 3.05) is 0 Å². The summed E-state index contributed by atoms with van der Waals surface area (Å²) >= 11 is 0. The molecule has 3 aromatic heterocycles. The van der Waals surface area contributed by atoms with Gasteiger partial charge in [0.2, 0.25) is 11.8 Å². The third-order valence-corrected chi connectivity index (χ3v) is 8.53. The topological polar surface area (TPSA) is 165 Å². The van der Waals surface area contributed by atoms with Crippen molar-refractivity contribution in [3.63, 3.8) is 0 Å². The zero-order valence-electron chi connectivity index (χ0n) is 22.4. The van der Waals surface area contributed by atoms with Crippen molar-refractivity contribution in [3.8, 4) is 0 Å². The molecule has 17 heteroatoms. The molecule has 1 aliphatic heterocycles. The number of carboxylic acid groups (broad SMARTS) is 1. The van der Waals surface area contributed by atoms with Crippen LogP contribution in [0.15, 0.2) is 23.1 Å². The number of hydrogen-bond donors (Lipinski definition) is 3. The molecule has 3 N–H and O–H groups in total. The van der Waals surface area contributed by atoms with Crippen molar-refractivity contribution in [1.29, 1.82) is 0 Å². The first kappa shape index (κ1) is 28.9. The number of fused-ring (bicyclic) bond motifs is 1. The molecule has 2 saturated carbocycles. The largest absolute Gasteiger partial charge is 0.480 e. The van der Waals surface area contributed by atoms with Crippen LogP contribution < -0.4 is 10.6 Å². The molecule has 3 atom stereocenters. The number of imidazole rings is 1. The third-order valence-electron chi connectivity index (χ3n) is 8.53. The van der Waals surface area contributed by atoms with E-state index in [1.807, 2.05) is 0 Å².